The molecule has 2 heteroatoms. The number of benzene rings is 1. The smallest absolute Gasteiger partial charge is 0.122 e. The first-order valence-corrected chi connectivity index (χ1v) is 6.17. The Kier molecular flexibility index (Phi) is 5.94. The Morgan fingerprint density at radius 3 is 2.62 bits per heavy atom. The molecule has 0 aromatic heterocycles. The minimum absolute atomic E-state index is 0.620. The fraction of sp³-hybridized carbons (Fsp3) is 0.571. The molecular weight excluding hydrogens is 198 g/mol. The van der Waals surface area contributed by atoms with Gasteiger partial charge >= 0.3 is 0 Å². The third-order valence-electron chi connectivity index (χ3n) is 2.94. The molecule has 1 atom stereocenters. The third-order valence-corrected chi connectivity index (χ3v) is 2.94. The normalized spacial score (nSPS) is 12.4. The first-order chi connectivity index (χ1) is 7.81. The molecule has 90 valence electrons. The summed E-state index contributed by atoms with van der Waals surface area (Å²) in [5.74, 6) is 1.01. The van der Waals surface area contributed by atoms with Crippen molar-refractivity contribution in [2.45, 2.75) is 39.2 Å². The summed E-state index contributed by atoms with van der Waals surface area (Å²) in [5.41, 5.74) is 1.31. The lowest BCUT2D eigenvalue weighted by atomic mass is 10.0. The molecule has 0 saturated carbocycles. The summed E-state index contributed by atoms with van der Waals surface area (Å²) in [6.45, 7) is 5.44. The van der Waals surface area contributed by atoms with Crippen LogP contribution in [0.25, 0.3) is 0 Å². The van der Waals surface area contributed by atoms with E-state index in [1.807, 2.05) is 12.1 Å². The van der Waals surface area contributed by atoms with Crippen molar-refractivity contribution in [2.24, 2.45) is 0 Å². The summed E-state index contributed by atoms with van der Waals surface area (Å²) in [4.78, 5) is 0. The Morgan fingerprint density at radius 2 is 2.00 bits per heavy atom. The van der Waals surface area contributed by atoms with Gasteiger partial charge in [-0.3, -0.25) is 0 Å². The van der Waals surface area contributed by atoms with Gasteiger partial charge in [0.1, 0.15) is 5.75 Å². The molecule has 1 unspecified atom stereocenters. The van der Waals surface area contributed by atoms with Crippen LogP contribution < -0.4 is 10.1 Å². The molecule has 16 heavy (non-hydrogen) atoms. The maximum absolute atomic E-state index is 5.35. The Labute approximate surface area is 99.0 Å². The van der Waals surface area contributed by atoms with Crippen LogP contribution in [0.1, 0.15) is 32.3 Å². The van der Waals surface area contributed by atoms with Crippen molar-refractivity contribution in [3.05, 3.63) is 29.8 Å². The Balaban J connectivity index is 2.52. The molecule has 0 amide bonds. The highest BCUT2D eigenvalue weighted by Crippen LogP contribution is 2.19. The first-order valence-electron chi connectivity index (χ1n) is 6.17. The van der Waals surface area contributed by atoms with Crippen molar-refractivity contribution in [3.63, 3.8) is 0 Å². The van der Waals surface area contributed by atoms with Crippen molar-refractivity contribution in [3.8, 4) is 5.75 Å². The average molecular weight is 221 g/mol. The molecule has 0 aliphatic rings. The van der Waals surface area contributed by atoms with Gasteiger partial charge < -0.3 is 10.1 Å². The summed E-state index contributed by atoms with van der Waals surface area (Å²) < 4.78 is 5.35. The lowest BCUT2D eigenvalue weighted by molar-refractivity contribution is 0.406. The van der Waals surface area contributed by atoms with E-state index >= 15 is 0 Å². The molecule has 0 bridgehead atoms. The molecule has 0 aliphatic heterocycles. The predicted molar refractivity (Wildman–Crippen MR) is 69.1 cm³/mol. The quantitative estimate of drug-likeness (QED) is 0.764. The van der Waals surface area contributed by atoms with Gasteiger partial charge in [0.25, 0.3) is 0 Å². The van der Waals surface area contributed by atoms with E-state index in [-0.39, 0.29) is 0 Å². The summed E-state index contributed by atoms with van der Waals surface area (Å²) >= 11 is 0. The van der Waals surface area contributed by atoms with E-state index in [0.717, 1.165) is 18.7 Å². The van der Waals surface area contributed by atoms with Crippen LogP contribution in [-0.2, 0) is 6.42 Å². The van der Waals surface area contributed by atoms with Crippen LogP contribution in [0.4, 0.5) is 0 Å². The third kappa shape index (κ3) is 3.86. The van der Waals surface area contributed by atoms with Crippen LogP contribution in [0.5, 0.6) is 5.75 Å². The van der Waals surface area contributed by atoms with Crippen molar-refractivity contribution < 1.29 is 4.74 Å². The highest BCUT2D eigenvalue weighted by molar-refractivity contribution is 5.33. The average Bonchev–Trinajstić information content (AvgIpc) is 2.34. The molecule has 1 aromatic rings. The van der Waals surface area contributed by atoms with Gasteiger partial charge in [-0.05, 0) is 37.4 Å². The van der Waals surface area contributed by atoms with Crippen molar-refractivity contribution in [1.82, 2.24) is 5.32 Å². The molecule has 0 saturated heterocycles. The van der Waals surface area contributed by atoms with Crippen LogP contribution in [0.3, 0.4) is 0 Å². The monoisotopic (exact) mass is 221 g/mol. The second-order valence-corrected chi connectivity index (χ2v) is 4.01. The van der Waals surface area contributed by atoms with E-state index in [9.17, 15) is 0 Å². The predicted octanol–water partition coefficient (Wildman–Crippen LogP) is 3.02. The molecule has 2 nitrogen and oxygen atoms in total. The number of nitrogens with one attached hydrogen (secondary N) is 1. The zero-order valence-electron chi connectivity index (χ0n) is 10.6. The molecule has 1 aromatic carbocycles. The SMILES string of the molecule is CCNC(CC)CCc1ccccc1OC. The standard InChI is InChI=1S/C14H23NO/c1-4-13(15-5-2)11-10-12-8-6-7-9-14(12)16-3/h6-9,13,15H,4-5,10-11H2,1-3H3. The number of aryl methyl sites for hydroxylation is 1. The second-order valence-electron chi connectivity index (χ2n) is 4.01. The lowest BCUT2D eigenvalue weighted by Gasteiger charge is -2.16. The van der Waals surface area contributed by atoms with Crippen molar-refractivity contribution in [2.75, 3.05) is 13.7 Å². The van der Waals surface area contributed by atoms with E-state index in [2.05, 4.69) is 31.3 Å². The van der Waals surface area contributed by atoms with E-state index in [4.69, 9.17) is 4.74 Å². The van der Waals surface area contributed by atoms with Gasteiger partial charge in [-0.25, -0.2) is 0 Å². The fourth-order valence-electron chi connectivity index (χ4n) is 1.98. The lowest BCUT2D eigenvalue weighted by Crippen LogP contribution is -2.28. The summed E-state index contributed by atoms with van der Waals surface area (Å²) in [7, 11) is 1.74. The van der Waals surface area contributed by atoms with Crippen LogP contribution in [0, 0.1) is 0 Å². The van der Waals surface area contributed by atoms with Crippen LogP contribution in [0.15, 0.2) is 24.3 Å². The van der Waals surface area contributed by atoms with Gasteiger partial charge in [0.15, 0.2) is 0 Å². The van der Waals surface area contributed by atoms with Gasteiger partial charge in [-0.15, -0.1) is 0 Å². The Morgan fingerprint density at radius 1 is 1.25 bits per heavy atom. The summed E-state index contributed by atoms with van der Waals surface area (Å²) in [6, 6.07) is 8.90. The number of rotatable bonds is 7. The topological polar surface area (TPSA) is 21.3 Å². The molecule has 0 heterocycles. The Bertz CT molecular complexity index is 299. The maximum Gasteiger partial charge on any atom is 0.122 e. The molecule has 0 fully saturated rings. The van der Waals surface area contributed by atoms with Gasteiger partial charge in [-0.2, -0.15) is 0 Å². The number of methoxy groups -OCH3 is 1. The van der Waals surface area contributed by atoms with E-state index < -0.39 is 0 Å². The summed E-state index contributed by atoms with van der Waals surface area (Å²) in [6.07, 6.45) is 3.43. The second kappa shape index (κ2) is 7.29. The zero-order valence-corrected chi connectivity index (χ0v) is 10.6. The molecular formula is C14H23NO. The molecule has 0 spiro atoms. The van der Waals surface area contributed by atoms with E-state index in [0.29, 0.717) is 6.04 Å². The van der Waals surface area contributed by atoms with Gasteiger partial charge in [0.2, 0.25) is 0 Å². The van der Waals surface area contributed by atoms with E-state index in [1.54, 1.807) is 7.11 Å². The minimum Gasteiger partial charge on any atom is -0.496 e. The van der Waals surface area contributed by atoms with Crippen LogP contribution in [0.2, 0.25) is 0 Å². The maximum atomic E-state index is 5.35. The van der Waals surface area contributed by atoms with E-state index in [1.165, 1.54) is 18.4 Å². The molecule has 0 aliphatic carbocycles. The number of hydrogen-bond acceptors (Lipinski definition) is 2. The van der Waals surface area contributed by atoms with Crippen LogP contribution >= 0.6 is 0 Å². The fourth-order valence-corrected chi connectivity index (χ4v) is 1.98. The number of hydrogen-bond donors (Lipinski definition) is 1. The molecule has 1 N–H and O–H groups in total. The van der Waals surface area contributed by atoms with Crippen molar-refractivity contribution >= 4 is 0 Å². The minimum atomic E-state index is 0.620. The van der Waals surface area contributed by atoms with Crippen molar-refractivity contribution in [1.29, 1.82) is 0 Å². The first kappa shape index (κ1) is 13.0. The summed E-state index contributed by atoms with van der Waals surface area (Å²) in [5, 5.41) is 3.50. The Hall–Kier alpha value is -1.02. The number of para-hydroxylation sites is 1. The largest absolute Gasteiger partial charge is 0.496 e. The number of ether oxygens (including phenoxy) is 1. The highest BCUT2D eigenvalue weighted by atomic mass is 16.5. The highest BCUT2D eigenvalue weighted by Gasteiger charge is 2.07. The van der Waals surface area contributed by atoms with Gasteiger partial charge in [0, 0.05) is 6.04 Å². The molecule has 1 rings (SSSR count). The van der Waals surface area contributed by atoms with Gasteiger partial charge in [0.05, 0.1) is 7.11 Å². The zero-order chi connectivity index (χ0) is 11.8. The van der Waals surface area contributed by atoms with Gasteiger partial charge in [-0.1, -0.05) is 32.0 Å². The van der Waals surface area contributed by atoms with Crippen LogP contribution in [-0.4, -0.2) is 19.7 Å². The molecule has 0 radical (unpaired) electrons.